The molecule has 190 valence electrons. The number of halogens is 2. The van der Waals surface area contributed by atoms with Gasteiger partial charge in [0.2, 0.25) is 15.9 Å². The van der Waals surface area contributed by atoms with Crippen LogP contribution in [-0.4, -0.2) is 25.2 Å². The summed E-state index contributed by atoms with van der Waals surface area (Å²) in [6.45, 7) is 1.38. The second-order valence-corrected chi connectivity index (χ2v) is 11.4. The second kappa shape index (κ2) is 11.9. The maximum atomic E-state index is 13.7. The molecule has 0 saturated heterocycles. The zero-order valence-corrected chi connectivity index (χ0v) is 22.5. The molecule has 0 heterocycles. The van der Waals surface area contributed by atoms with Gasteiger partial charge in [-0.15, -0.1) is 0 Å². The molecule has 1 N–H and O–H groups in total. The molecule has 0 unspecified atom stereocenters. The number of nitrogens with one attached hydrogen (secondary N) is 1. The zero-order valence-electron chi connectivity index (χ0n) is 20.1. The van der Waals surface area contributed by atoms with Gasteiger partial charge in [-0.2, -0.15) is 4.31 Å². The Morgan fingerprint density at radius 3 is 1.95 bits per heavy atom. The van der Waals surface area contributed by atoms with Gasteiger partial charge in [0.05, 0.1) is 17.5 Å². The van der Waals surface area contributed by atoms with Crippen LogP contribution in [0.1, 0.15) is 28.3 Å². The van der Waals surface area contributed by atoms with E-state index in [1.165, 1.54) is 12.1 Å². The molecule has 5 nitrogen and oxygen atoms in total. The summed E-state index contributed by atoms with van der Waals surface area (Å²) < 4.78 is 28.5. The molecular formula is C29H26Cl2N2O3S. The first-order valence-electron chi connectivity index (χ1n) is 11.6. The van der Waals surface area contributed by atoms with Crippen molar-refractivity contribution in [1.82, 2.24) is 9.62 Å². The summed E-state index contributed by atoms with van der Waals surface area (Å²) in [4.78, 5) is 13.5. The Morgan fingerprint density at radius 2 is 1.41 bits per heavy atom. The number of hydrogen-bond donors (Lipinski definition) is 1. The summed E-state index contributed by atoms with van der Waals surface area (Å²) in [7, 11) is -4.02. The van der Waals surface area contributed by atoms with Gasteiger partial charge in [0, 0.05) is 16.6 Å². The summed E-state index contributed by atoms with van der Waals surface area (Å²) in [6, 6.07) is 30.0. The van der Waals surface area contributed by atoms with Gasteiger partial charge in [-0.25, -0.2) is 8.42 Å². The molecule has 0 radical (unpaired) electrons. The molecule has 37 heavy (non-hydrogen) atoms. The number of benzene rings is 4. The first-order valence-corrected chi connectivity index (χ1v) is 13.8. The largest absolute Gasteiger partial charge is 0.344 e. The van der Waals surface area contributed by atoms with Crippen LogP contribution < -0.4 is 5.32 Å². The molecule has 1 amide bonds. The van der Waals surface area contributed by atoms with E-state index < -0.39 is 28.5 Å². The Hall–Kier alpha value is -3.16. The van der Waals surface area contributed by atoms with Gasteiger partial charge in [-0.05, 0) is 47.9 Å². The normalized spacial score (nSPS) is 11.6. The van der Waals surface area contributed by atoms with Crippen LogP contribution in [0.2, 0.25) is 10.0 Å². The zero-order chi connectivity index (χ0) is 26.4. The van der Waals surface area contributed by atoms with Crippen LogP contribution in [-0.2, 0) is 21.4 Å². The van der Waals surface area contributed by atoms with Gasteiger partial charge < -0.3 is 5.32 Å². The lowest BCUT2D eigenvalue weighted by Crippen LogP contribution is -2.41. The predicted molar refractivity (Wildman–Crippen MR) is 148 cm³/mol. The third-order valence-electron chi connectivity index (χ3n) is 5.91. The third-order valence-corrected chi connectivity index (χ3v) is 8.30. The molecule has 0 aromatic heterocycles. The lowest BCUT2D eigenvalue weighted by molar-refractivity contribution is -0.121. The lowest BCUT2D eigenvalue weighted by atomic mass is 9.99. The Morgan fingerprint density at radius 1 is 0.838 bits per heavy atom. The van der Waals surface area contributed by atoms with Crippen LogP contribution in [0.4, 0.5) is 0 Å². The van der Waals surface area contributed by atoms with E-state index in [1.54, 1.807) is 30.3 Å². The molecule has 4 rings (SSSR count). The maximum absolute atomic E-state index is 13.7. The highest BCUT2D eigenvalue weighted by Gasteiger charge is 2.29. The number of rotatable bonds is 9. The van der Waals surface area contributed by atoms with Crippen molar-refractivity contribution >= 4 is 39.1 Å². The van der Waals surface area contributed by atoms with Crippen molar-refractivity contribution < 1.29 is 13.2 Å². The molecule has 0 aliphatic carbocycles. The fraction of sp³-hybridized carbons (Fsp3) is 0.138. The van der Waals surface area contributed by atoms with Gasteiger partial charge in [0.15, 0.2) is 0 Å². The summed E-state index contributed by atoms with van der Waals surface area (Å²) in [5, 5.41) is 3.78. The van der Waals surface area contributed by atoms with E-state index in [1.807, 2.05) is 67.6 Å². The number of nitrogens with zero attached hydrogens (tertiary/aromatic N) is 1. The molecule has 0 spiro atoms. The summed E-state index contributed by atoms with van der Waals surface area (Å²) in [6.07, 6.45) is 0. The summed E-state index contributed by atoms with van der Waals surface area (Å²) >= 11 is 12.4. The molecule has 0 aliphatic heterocycles. The topological polar surface area (TPSA) is 66.5 Å². The Kier molecular flexibility index (Phi) is 8.67. The Balaban J connectivity index is 1.65. The van der Waals surface area contributed by atoms with Gasteiger partial charge in [0.25, 0.3) is 0 Å². The van der Waals surface area contributed by atoms with Crippen LogP contribution in [0, 0.1) is 6.92 Å². The van der Waals surface area contributed by atoms with E-state index in [2.05, 4.69) is 5.32 Å². The average Bonchev–Trinajstić information content (AvgIpc) is 2.89. The first-order chi connectivity index (χ1) is 17.7. The Labute approximate surface area is 227 Å². The molecule has 0 saturated carbocycles. The van der Waals surface area contributed by atoms with Gasteiger partial charge in [0.1, 0.15) is 0 Å². The van der Waals surface area contributed by atoms with Crippen LogP contribution in [0.25, 0.3) is 0 Å². The van der Waals surface area contributed by atoms with Crippen molar-refractivity contribution in [2.24, 2.45) is 0 Å². The number of sulfonamides is 1. The predicted octanol–water partition coefficient (Wildman–Crippen LogP) is 6.40. The quantitative estimate of drug-likeness (QED) is 0.261. The monoisotopic (exact) mass is 552 g/mol. The average molecular weight is 554 g/mol. The van der Waals surface area contributed by atoms with E-state index in [-0.39, 0.29) is 11.4 Å². The van der Waals surface area contributed by atoms with Crippen LogP contribution in [0.3, 0.4) is 0 Å². The highest BCUT2D eigenvalue weighted by molar-refractivity contribution is 7.89. The fourth-order valence-electron chi connectivity index (χ4n) is 3.94. The van der Waals surface area contributed by atoms with E-state index in [0.29, 0.717) is 15.6 Å². The van der Waals surface area contributed by atoms with E-state index >= 15 is 0 Å². The molecule has 8 heteroatoms. The molecule has 4 aromatic carbocycles. The second-order valence-electron chi connectivity index (χ2n) is 8.64. The summed E-state index contributed by atoms with van der Waals surface area (Å²) in [5.74, 6) is -0.446. The summed E-state index contributed by atoms with van der Waals surface area (Å²) in [5.41, 5.74) is 3.24. The van der Waals surface area contributed by atoms with Crippen LogP contribution >= 0.6 is 23.2 Å². The third kappa shape index (κ3) is 6.79. The molecule has 0 aliphatic rings. The minimum atomic E-state index is -4.02. The Bertz CT molecular complexity index is 1420. The van der Waals surface area contributed by atoms with E-state index in [0.717, 1.165) is 21.0 Å². The van der Waals surface area contributed by atoms with Crippen LogP contribution in [0.15, 0.2) is 108 Å². The number of aryl methyl sites for hydroxylation is 1. The van der Waals surface area contributed by atoms with Crippen molar-refractivity contribution in [2.75, 3.05) is 6.54 Å². The number of amides is 1. The molecule has 0 bridgehead atoms. The minimum Gasteiger partial charge on any atom is -0.344 e. The maximum Gasteiger partial charge on any atom is 0.243 e. The van der Waals surface area contributed by atoms with Crippen molar-refractivity contribution in [2.45, 2.75) is 24.4 Å². The van der Waals surface area contributed by atoms with Crippen molar-refractivity contribution in [3.05, 3.63) is 135 Å². The van der Waals surface area contributed by atoms with Crippen molar-refractivity contribution in [1.29, 1.82) is 0 Å². The van der Waals surface area contributed by atoms with Crippen molar-refractivity contribution in [3.63, 3.8) is 0 Å². The smallest absolute Gasteiger partial charge is 0.243 e. The standard InChI is InChI=1S/C29H26Cl2N2O3S/c1-21-12-16-26(17-13-21)37(35,36)33(19-24-14-15-25(30)18-27(24)31)20-28(34)32-29(22-8-4-2-5-9-22)23-10-6-3-7-11-23/h2-18,29H,19-20H2,1H3,(H,32,34). The first kappa shape index (κ1) is 26.9. The molecule has 4 aromatic rings. The number of carbonyl (C=O) groups is 1. The number of hydrogen-bond acceptors (Lipinski definition) is 3. The van der Waals surface area contributed by atoms with Gasteiger partial charge in [-0.3, -0.25) is 4.79 Å². The van der Waals surface area contributed by atoms with Crippen molar-refractivity contribution in [3.8, 4) is 0 Å². The number of carbonyl (C=O) groups excluding carboxylic acids is 1. The van der Waals surface area contributed by atoms with E-state index in [9.17, 15) is 13.2 Å². The minimum absolute atomic E-state index is 0.0960. The van der Waals surface area contributed by atoms with Gasteiger partial charge >= 0.3 is 0 Å². The van der Waals surface area contributed by atoms with Crippen LogP contribution in [0.5, 0.6) is 0 Å². The van der Waals surface area contributed by atoms with E-state index in [4.69, 9.17) is 23.2 Å². The highest BCUT2D eigenvalue weighted by Crippen LogP contribution is 2.26. The molecule has 0 atom stereocenters. The molecular weight excluding hydrogens is 527 g/mol. The SMILES string of the molecule is Cc1ccc(S(=O)(=O)N(CC(=O)NC(c2ccccc2)c2ccccc2)Cc2ccc(Cl)cc2Cl)cc1. The molecule has 0 fully saturated rings. The van der Waals surface area contributed by atoms with Gasteiger partial charge in [-0.1, -0.05) is 108 Å². The highest BCUT2D eigenvalue weighted by atomic mass is 35.5. The lowest BCUT2D eigenvalue weighted by Gasteiger charge is -2.25. The fourth-order valence-corrected chi connectivity index (χ4v) is 5.78.